The standard InChI is InChI=1S/C13H10BrIN2O3S/c14-11-7-10(5-6-12(11)21(16,19)20)17-13(18)8-1-3-9(15)4-2-8/h1-7H,(H,17,18)(H2,16,19,20). The highest BCUT2D eigenvalue weighted by Gasteiger charge is 2.13. The van der Waals surface area contributed by atoms with E-state index >= 15 is 0 Å². The minimum atomic E-state index is -3.80. The summed E-state index contributed by atoms with van der Waals surface area (Å²) in [6.07, 6.45) is 0. The SMILES string of the molecule is NS(=O)(=O)c1ccc(NC(=O)c2ccc(I)cc2)cc1Br. The van der Waals surface area contributed by atoms with Gasteiger partial charge in [0.25, 0.3) is 5.91 Å². The lowest BCUT2D eigenvalue weighted by Gasteiger charge is -2.08. The molecule has 0 bridgehead atoms. The van der Waals surface area contributed by atoms with Gasteiger partial charge in [0.05, 0.1) is 4.90 Å². The van der Waals surface area contributed by atoms with Crippen molar-refractivity contribution >= 4 is 60.1 Å². The number of anilines is 1. The summed E-state index contributed by atoms with van der Waals surface area (Å²) in [7, 11) is -3.80. The summed E-state index contributed by atoms with van der Waals surface area (Å²) in [5.41, 5.74) is 0.986. The second-order valence-electron chi connectivity index (χ2n) is 4.15. The van der Waals surface area contributed by atoms with Gasteiger partial charge in [0.1, 0.15) is 0 Å². The number of rotatable bonds is 3. The number of nitrogens with two attached hydrogens (primary N) is 1. The van der Waals surface area contributed by atoms with Crippen LogP contribution >= 0.6 is 38.5 Å². The number of hydrogen-bond acceptors (Lipinski definition) is 3. The molecule has 2 rings (SSSR count). The first-order chi connectivity index (χ1) is 9.77. The van der Waals surface area contributed by atoms with Crippen molar-refractivity contribution in [3.63, 3.8) is 0 Å². The smallest absolute Gasteiger partial charge is 0.255 e. The van der Waals surface area contributed by atoms with Crippen LogP contribution in [0.1, 0.15) is 10.4 Å². The van der Waals surface area contributed by atoms with Crippen molar-refractivity contribution in [2.45, 2.75) is 4.90 Å². The summed E-state index contributed by atoms with van der Waals surface area (Å²) < 4.78 is 23.9. The first-order valence-electron chi connectivity index (χ1n) is 5.66. The van der Waals surface area contributed by atoms with E-state index in [1.54, 1.807) is 12.1 Å². The Bertz CT molecular complexity index is 792. The monoisotopic (exact) mass is 480 g/mol. The first-order valence-corrected chi connectivity index (χ1v) is 9.08. The van der Waals surface area contributed by atoms with Gasteiger partial charge in [-0.05, 0) is 81.0 Å². The number of hydrogen-bond donors (Lipinski definition) is 2. The van der Waals surface area contributed by atoms with Gasteiger partial charge in [-0.2, -0.15) is 0 Å². The average molecular weight is 481 g/mol. The quantitative estimate of drug-likeness (QED) is 0.662. The largest absolute Gasteiger partial charge is 0.322 e. The molecule has 3 N–H and O–H groups in total. The summed E-state index contributed by atoms with van der Waals surface area (Å²) >= 11 is 5.28. The molecule has 0 unspecified atom stereocenters. The summed E-state index contributed by atoms with van der Waals surface area (Å²) in [4.78, 5) is 12.0. The topological polar surface area (TPSA) is 89.3 Å². The molecule has 1 amide bonds. The van der Waals surface area contributed by atoms with E-state index in [1.165, 1.54) is 18.2 Å². The molecule has 0 saturated carbocycles. The number of amides is 1. The number of nitrogens with one attached hydrogen (secondary N) is 1. The molecule has 0 heterocycles. The highest BCUT2D eigenvalue weighted by molar-refractivity contribution is 14.1. The van der Waals surface area contributed by atoms with Gasteiger partial charge in [0, 0.05) is 19.3 Å². The van der Waals surface area contributed by atoms with E-state index in [2.05, 4.69) is 43.8 Å². The minimum Gasteiger partial charge on any atom is -0.322 e. The molecule has 21 heavy (non-hydrogen) atoms. The molecule has 2 aromatic carbocycles. The van der Waals surface area contributed by atoms with Crippen molar-refractivity contribution in [2.75, 3.05) is 5.32 Å². The highest BCUT2D eigenvalue weighted by atomic mass is 127. The third kappa shape index (κ3) is 4.25. The van der Waals surface area contributed by atoms with Crippen LogP contribution in [0.3, 0.4) is 0 Å². The molecular weight excluding hydrogens is 471 g/mol. The number of sulfonamides is 1. The van der Waals surface area contributed by atoms with Crippen molar-refractivity contribution in [1.29, 1.82) is 0 Å². The van der Waals surface area contributed by atoms with Gasteiger partial charge in [0.15, 0.2) is 0 Å². The van der Waals surface area contributed by atoms with Gasteiger partial charge in [-0.15, -0.1) is 0 Å². The molecule has 0 saturated heterocycles. The van der Waals surface area contributed by atoms with E-state index in [4.69, 9.17) is 5.14 Å². The zero-order valence-corrected chi connectivity index (χ0v) is 15.1. The molecule has 0 fully saturated rings. The van der Waals surface area contributed by atoms with Gasteiger partial charge in [0.2, 0.25) is 10.0 Å². The van der Waals surface area contributed by atoms with Crippen molar-refractivity contribution in [3.05, 3.63) is 56.1 Å². The van der Waals surface area contributed by atoms with Gasteiger partial charge >= 0.3 is 0 Å². The molecular formula is C13H10BrIN2O3S. The molecule has 0 atom stereocenters. The Morgan fingerprint density at radius 1 is 1.14 bits per heavy atom. The van der Waals surface area contributed by atoms with E-state index < -0.39 is 10.0 Å². The first kappa shape index (κ1) is 16.4. The van der Waals surface area contributed by atoms with Crippen LogP contribution in [-0.4, -0.2) is 14.3 Å². The molecule has 0 radical (unpaired) electrons. The van der Waals surface area contributed by atoms with E-state index in [9.17, 15) is 13.2 Å². The van der Waals surface area contributed by atoms with Gasteiger partial charge in [-0.3, -0.25) is 4.79 Å². The van der Waals surface area contributed by atoms with Crippen LogP contribution < -0.4 is 10.5 Å². The molecule has 0 aliphatic heterocycles. The Hall–Kier alpha value is -0.970. The summed E-state index contributed by atoms with van der Waals surface area (Å²) in [6.45, 7) is 0. The molecule has 110 valence electrons. The third-order valence-corrected chi connectivity index (χ3v) is 5.21. The van der Waals surface area contributed by atoms with Gasteiger partial charge in [-0.1, -0.05) is 0 Å². The minimum absolute atomic E-state index is 0.0326. The van der Waals surface area contributed by atoms with Crippen LogP contribution in [0.5, 0.6) is 0 Å². The second-order valence-corrected chi connectivity index (χ2v) is 7.78. The maximum absolute atomic E-state index is 12.0. The predicted octanol–water partition coefficient (Wildman–Crippen LogP) is 2.95. The molecule has 0 aliphatic rings. The number of primary sulfonamides is 1. The Morgan fingerprint density at radius 2 is 1.76 bits per heavy atom. The maximum atomic E-state index is 12.0. The predicted molar refractivity (Wildman–Crippen MR) is 92.6 cm³/mol. The van der Waals surface area contributed by atoms with Crippen LogP contribution in [0.15, 0.2) is 51.8 Å². The summed E-state index contributed by atoms with van der Waals surface area (Å²) in [5.74, 6) is -0.276. The highest BCUT2D eigenvalue weighted by Crippen LogP contribution is 2.25. The summed E-state index contributed by atoms with van der Waals surface area (Å²) in [6, 6.07) is 11.4. The molecule has 0 spiro atoms. The average Bonchev–Trinajstić information content (AvgIpc) is 2.37. The summed E-state index contributed by atoms with van der Waals surface area (Å²) in [5, 5.41) is 7.76. The van der Waals surface area contributed by atoms with Crippen molar-refractivity contribution in [2.24, 2.45) is 5.14 Å². The van der Waals surface area contributed by atoms with Gasteiger partial charge in [-0.25, -0.2) is 13.6 Å². The van der Waals surface area contributed by atoms with Crippen molar-refractivity contribution < 1.29 is 13.2 Å². The lowest BCUT2D eigenvalue weighted by atomic mass is 10.2. The zero-order chi connectivity index (χ0) is 15.6. The number of carbonyl (C=O) groups excluding carboxylic acids is 1. The van der Waals surface area contributed by atoms with E-state index in [0.29, 0.717) is 15.7 Å². The van der Waals surface area contributed by atoms with E-state index in [1.807, 2.05) is 12.1 Å². The fourth-order valence-corrected chi connectivity index (χ4v) is 3.62. The molecule has 2 aromatic rings. The second kappa shape index (κ2) is 6.42. The molecule has 5 nitrogen and oxygen atoms in total. The lowest BCUT2D eigenvalue weighted by molar-refractivity contribution is 0.102. The van der Waals surface area contributed by atoms with Crippen LogP contribution in [0, 0.1) is 3.57 Å². The fraction of sp³-hybridized carbons (Fsp3) is 0. The van der Waals surface area contributed by atoms with Crippen LogP contribution in [0.2, 0.25) is 0 Å². The van der Waals surface area contributed by atoms with E-state index in [-0.39, 0.29) is 10.8 Å². The fourth-order valence-electron chi connectivity index (χ4n) is 1.61. The van der Waals surface area contributed by atoms with Crippen LogP contribution in [0.4, 0.5) is 5.69 Å². The van der Waals surface area contributed by atoms with E-state index in [0.717, 1.165) is 3.57 Å². The van der Waals surface area contributed by atoms with Gasteiger partial charge < -0.3 is 5.32 Å². The Balaban J connectivity index is 2.22. The number of benzene rings is 2. The molecule has 8 heteroatoms. The third-order valence-electron chi connectivity index (χ3n) is 2.60. The Kier molecular flexibility index (Phi) is 5.02. The zero-order valence-electron chi connectivity index (χ0n) is 10.5. The molecule has 0 aliphatic carbocycles. The Morgan fingerprint density at radius 3 is 2.29 bits per heavy atom. The van der Waals surface area contributed by atoms with Crippen LogP contribution in [-0.2, 0) is 10.0 Å². The number of halogens is 2. The Labute approximate surface area is 144 Å². The normalized spacial score (nSPS) is 11.2. The van der Waals surface area contributed by atoms with Crippen LogP contribution in [0.25, 0.3) is 0 Å². The lowest BCUT2D eigenvalue weighted by Crippen LogP contribution is -2.14. The van der Waals surface area contributed by atoms with Crippen molar-refractivity contribution in [3.8, 4) is 0 Å². The number of carbonyl (C=O) groups is 1. The maximum Gasteiger partial charge on any atom is 0.255 e. The van der Waals surface area contributed by atoms with Crippen molar-refractivity contribution in [1.82, 2.24) is 0 Å². The molecule has 0 aromatic heterocycles.